The summed E-state index contributed by atoms with van der Waals surface area (Å²) >= 11 is 0. The average molecular weight is 207 g/mol. The summed E-state index contributed by atoms with van der Waals surface area (Å²) in [5, 5.41) is 2.80. The maximum atomic E-state index is 11.5. The van der Waals surface area contributed by atoms with E-state index in [1.54, 1.807) is 12.1 Å². The van der Waals surface area contributed by atoms with E-state index in [2.05, 4.69) is 5.32 Å². The summed E-state index contributed by atoms with van der Waals surface area (Å²) in [4.78, 5) is 11.5. The Labute approximate surface area is 89.6 Å². The number of hydrogen-bond donors (Lipinski definition) is 3. The lowest BCUT2D eigenvalue weighted by Crippen LogP contribution is -2.32. The molecule has 1 aromatic rings. The van der Waals surface area contributed by atoms with Crippen LogP contribution in [0.1, 0.15) is 23.2 Å². The van der Waals surface area contributed by atoms with Crippen molar-refractivity contribution >= 4 is 5.91 Å². The first-order valence-electron chi connectivity index (χ1n) is 5.04. The van der Waals surface area contributed by atoms with Gasteiger partial charge in [-0.15, -0.1) is 0 Å². The Morgan fingerprint density at radius 3 is 2.53 bits per heavy atom. The van der Waals surface area contributed by atoms with Crippen LogP contribution in [0.4, 0.5) is 0 Å². The van der Waals surface area contributed by atoms with E-state index in [1.165, 1.54) is 0 Å². The third kappa shape index (κ3) is 4.58. The van der Waals surface area contributed by atoms with E-state index in [0.717, 1.165) is 12.8 Å². The van der Waals surface area contributed by atoms with Crippen LogP contribution in [-0.4, -0.2) is 18.6 Å². The second kappa shape index (κ2) is 6.16. The fourth-order valence-electron chi connectivity index (χ4n) is 1.23. The number of carbonyl (C=O) groups is 1. The van der Waals surface area contributed by atoms with Crippen molar-refractivity contribution in [1.29, 1.82) is 0 Å². The summed E-state index contributed by atoms with van der Waals surface area (Å²) in [6.07, 6.45) is 1.23. The molecule has 1 aromatic carbocycles. The largest absolute Gasteiger partial charge is 0.352 e. The number of amides is 1. The molecular weight excluding hydrogens is 190 g/mol. The van der Waals surface area contributed by atoms with Gasteiger partial charge in [-0.3, -0.25) is 4.79 Å². The third-order valence-corrected chi connectivity index (χ3v) is 2.04. The smallest absolute Gasteiger partial charge is 0.251 e. The Balaban J connectivity index is 2.25. The summed E-state index contributed by atoms with van der Waals surface area (Å²) in [5.41, 5.74) is 11.4. The molecule has 15 heavy (non-hydrogen) atoms. The monoisotopic (exact) mass is 207 g/mol. The number of hydrogen-bond acceptors (Lipinski definition) is 3. The van der Waals surface area contributed by atoms with Crippen LogP contribution < -0.4 is 16.8 Å². The van der Waals surface area contributed by atoms with E-state index in [0.29, 0.717) is 12.1 Å². The number of nitrogens with one attached hydrogen (secondary N) is 1. The molecule has 0 heterocycles. The van der Waals surface area contributed by atoms with Crippen LogP contribution in [0.2, 0.25) is 0 Å². The van der Waals surface area contributed by atoms with Gasteiger partial charge in [-0.2, -0.15) is 0 Å². The van der Waals surface area contributed by atoms with Gasteiger partial charge in [-0.25, -0.2) is 0 Å². The van der Waals surface area contributed by atoms with Gasteiger partial charge in [-0.05, 0) is 25.0 Å². The number of nitrogens with two attached hydrogens (primary N) is 2. The second-order valence-electron chi connectivity index (χ2n) is 3.43. The molecule has 0 aliphatic heterocycles. The molecule has 0 aliphatic rings. The van der Waals surface area contributed by atoms with Gasteiger partial charge in [0.1, 0.15) is 0 Å². The van der Waals surface area contributed by atoms with Crippen molar-refractivity contribution < 1.29 is 4.79 Å². The highest BCUT2D eigenvalue weighted by Gasteiger charge is 2.02. The van der Waals surface area contributed by atoms with Gasteiger partial charge in [-0.1, -0.05) is 18.2 Å². The molecule has 0 unspecified atom stereocenters. The van der Waals surface area contributed by atoms with Crippen molar-refractivity contribution in [3.05, 3.63) is 35.9 Å². The van der Waals surface area contributed by atoms with Crippen LogP contribution in [0.15, 0.2) is 30.3 Å². The minimum absolute atomic E-state index is 0.0545. The predicted octanol–water partition coefficient (Wildman–Crippen LogP) is 0.440. The first-order chi connectivity index (χ1) is 7.20. The van der Waals surface area contributed by atoms with E-state index in [4.69, 9.17) is 11.5 Å². The van der Waals surface area contributed by atoms with Gasteiger partial charge < -0.3 is 16.8 Å². The molecule has 4 nitrogen and oxygen atoms in total. The molecule has 5 N–H and O–H groups in total. The van der Waals surface area contributed by atoms with Crippen LogP contribution >= 0.6 is 0 Å². The minimum Gasteiger partial charge on any atom is -0.352 e. The lowest BCUT2D eigenvalue weighted by atomic mass is 10.2. The molecule has 0 fully saturated rings. The Hall–Kier alpha value is -1.39. The molecule has 0 aromatic heterocycles. The van der Waals surface area contributed by atoms with Gasteiger partial charge in [0.2, 0.25) is 0 Å². The van der Waals surface area contributed by atoms with Crippen molar-refractivity contribution in [3.8, 4) is 0 Å². The molecule has 1 rings (SSSR count). The molecule has 1 amide bonds. The van der Waals surface area contributed by atoms with E-state index in [1.807, 2.05) is 18.2 Å². The van der Waals surface area contributed by atoms with Crippen LogP contribution in [-0.2, 0) is 0 Å². The molecule has 4 heteroatoms. The fraction of sp³-hybridized carbons (Fsp3) is 0.364. The highest BCUT2D eigenvalue weighted by atomic mass is 16.1. The van der Waals surface area contributed by atoms with Gasteiger partial charge >= 0.3 is 0 Å². The van der Waals surface area contributed by atoms with Gasteiger partial charge in [0.15, 0.2) is 0 Å². The summed E-state index contributed by atoms with van der Waals surface area (Å²) in [5.74, 6) is -0.0545. The van der Waals surface area contributed by atoms with Gasteiger partial charge in [0.25, 0.3) is 5.91 Å². The van der Waals surface area contributed by atoms with Crippen molar-refractivity contribution in [2.24, 2.45) is 11.5 Å². The summed E-state index contributed by atoms with van der Waals surface area (Å²) in [6.45, 7) is 0.610. The lowest BCUT2D eigenvalue weighted by molar-refractivity contribution is 0.0952. The Kier molecular flexibility index (Phi) is 4.80. The molecule has 0 aliphatic carbocycles. The summed E-state index contributed by atoms with van der Waals surface area (Å²) in [7, 11) is 0. The third-order valence-electron chi connectivity index (χ3n) is 2.04. The maximum Gasteiger partial charge on any atom is 0.251 e. The van der Waals surface area contributed by atoms with Crippen molar-refractivity contribution in [3.63, 3.8) is 0 Å². The standard InChI is InChI=1S/C11H17N3O/c12-10(13)7-4-8-14-11(15)9-5-2-1-3-6-9/h1-3,5-6,10H,4,7-8,12-13H2,(H,14,15). The zero-order chi connectivity index (χ0) is 11.1. The Bertz CT molecular complexity index is 298. The van der Waals surface area contributed by atoms with E-state index in [-0.39, 0.29) is 12.1 Å². The SMILES string of the molecule is NC(N)CCCNC(=O)c1ccccc1. The Morgan fingerprint density at radius 1 is 1.27 bits per heavy atom. The van der Waals surface area contributed by atoms with E-state index >= 15 is 0 Å². The zero-order valence-electron chi connectivity index (χ0n) is 8.65. The maximum absolute atomic E-state index is 11.5. The lowest BCUT2D eigenvalue weighted by Gasteiger charge is -2.06. The van der Waals surface area contributed by atoms with E-state index in [9.17, 15) is 4.79 Å². The van der Waals surface area contributed by atoms with Crippen LogP contribution in [0.5, 0.6) is 0 Å². The minimum atomic E-state index is -0.293. The normalized spacial score (nSPS) is 10.3. The number of rotatable bonds is 5. The zero-order valence-corrected chi connectivity index (χ0v) is 8.65. The molecule has 0 radical (unpaired) electrons. The molecule has 0 bridgehead atoms. The molecular formula is C11H17N3O. The van der Waals surface area contributed by atoms with Crippen molar-refractivity contribution in [2.75, 3.05) is 6.54 Å². The number of benzene rings is 1. The topological polar surface area (TPSA) is 81.1 Å². The predicted molar refractivity (Wildman–Crippen MR) is 60.2 cm³/mol. The molecule has 0 spiro atoms. The van der Waals surface area contributed by atoms with Gasteiger partial charge in [0, 0.05) is 12.1 Å². The van der Waals surface area contributed by atoms with Crippen molar-refractivity contribution in [2.45, 2.75) is 19.0 Å². The molecule has 0 saturated heterocycles. The van der Waals surface area contributed by atoms with Crippen molar-refractivity contribution in [1.82, 2.24) is 5.32 Å². The molecule has 0 atom stereocenters. The number of carbonyl (C=O) groups excluding carboxylic acids is 1. The second-order valence-corrected chi connectivity index (χ2v) is 3.43. The Morgan fingerprint density at radius 2 is 1.93 bits per heavy atom. The molecule has 0 saturated carbocycles. The highest BCUT2D eigenvalue weighted by Crippen LogP contribution is 1.97. The first kappa shape index (κ1) is 11.7. The van der Waals surface area contributed by atoms with Crippen LogP contribution in [0.3, 0.4) is 0 Å². The highest BCUT2D eigenvalue weighted by molar-refractivity contribution is 5.94. The fourth-order valence-corrected chi connectivity index (χ4v) is 1.23. The first-order valence-corrected chi connectivity index (χ1v) is 5.04. The van der Waals surface area contributed by atoms with Crippen LogP contribution in [0, 0.1) is 0 Å². The summed E-state index contributed by atoms with van der Waals surface area (Å²) < 4.78 is 0. The average Bonchev–Trinajstić information content (AvgIpc) is 2.25. The quantitative estimate of drug-likeness (QED) is 0.484. The molecule has 82 valence electrons. The summed E-state index contributed by atoms with van der Waals surface area (Å²) in [6, 6.07) is 9.12. The van der Waals surface area contributed by atoms with E-state index < -0.39 is 0 Å². The van der Waals surface area contributed by atoms with Gasteiger partial charge in [0.05, 0.1) is 6.17 Å². The van der Waals surface area contributed by atoms with Crippen LogP contribution in [0.25, 0.3) is 0 Å².